The zero-order chi connectivity index (χ0) is 13.1. The van der Waals surface area contributed by atoms with Crippen LogP contribution in [0.4, 0.5) is 0 Å². The number of hydrogen-bond acceptors (Lipinski definition) is 3. The second kappa shape index (κ2) is 10.5. The summed E-state index contributed by atoms with van der Waals surface area (Å²) in [5.74, 6) is 0.885. The average molecular weight is 244 g/mol. The third-order valence-electron chi connectivity index (χ3n) is 2.79. The maximum atomic E-state index is 11.6. The first-order valence-corrected chi connectivity index (χ1v) is 6.66. The highest BCUT2D eigenvalue weighted by atomic mass is 16.5. The number of likely N-dealkylation sites (tertiary alicyclic amines) is 1. The van der Waals surface area contributed by atoms with Crippen LogP contribution in [0.3, 0.4) is 0 Å². The molecule has 0 radical (unpaired) electrons. The molecule has 1 saturated heterocycles. The third kappa shape index (κ3) is 7.34. The smallest absolute Gasteiger partial charge is 0.222 e. The van der Waals surface area contributed by atoms with E-state index in [1.165, 1.54) is 0 Å². The lowest BCUT2D eigenvalue weighted by Crippen LogP contribution is -2.28. The largest absolute Gasteiger partial charge is 0.384 e. The predicted molar refractivity (Wildman–Crippen MR) is 70.8 cm³/mol. The second-order valence-corrected chi connectivity index (χ2v) is 4.46. The summed E-state index contributed by atoms with van der Waals surface area (Å²) in [5.41, 5.74) is 4.85. The van der Waals surface area contributed by atoms with Gasteiger partial charge in [-0.05, 0) is 19.4 Å². The van der Waals surface area contributed by atoms with E-state index in [1.54, 1.807) is 7.11 Å². The first-order valence-electron chi connectivity index (χ1n) is 6.66. The van der Waals surface area contributed by atoms with Gasteiger partial charge in [0, 0.05) is 32.5 Å². The van der Waals surface area contributed by atoms with Gasteiger partial charge in [-0.15, -0.1) is 0 Å². The molecular formula is C13H28N2O2. The van der Waals surface area contributed by atoms with Crippen molar-refractivity contribution in [2.45, 2.75) is 39.5 Å². The Morgan fingerprint density at radius 3 is 2.65 bits per heavy atom. The van der Waals surface area contributed by atoms with E-state index in [0.29, 0.717) is 11.8 Å². The molecule has 1 aliphatic heterocycles. The summed E-state index contributed by atoms with van der Waals surface area (Å²) in [7, 11) is 1.72. The standard InChI is InChI=1S/C11H21NO2.C2H7N/c1-3-4-5-11(13)12-7-6-10(8-12)9-14-2;1-2-3/h10H,3-9H2,1-2H3;2-3H2,1H3. The number of methoxy groups -OCH3 is 1. The molecule has 1 heterocycles. The quantitative estimate of drug-likeness (QED) is 0.800. The van der Waals surface area contributed by atoms with Gasteiger partial charge < -0.3 is 15.4 Å². The molecular weight excluding hydrogens is 216 g/mol. The fourth-order valence-corrected chi connectivity index (χ4v) is 1.92. The van der Waals surface area contributed by atoms with Gasteiger partial charge in [-0.25, -0.2) is 0 Å². The molecule has 1 rings (SSSR count). The van der Waals surface area contributed by atoms with Crippen LogP contribution in [0.25, 0.3) is 0 Å². The zero-order valence-corrected chi connectivity index (χ0v) is 11.6. The maximum absolute atomic E-state index is 11.6. The molecule has 1 aliphatic rings. The van der Waals surface area contributed by atoms with Crippen LogP contribution in [-0.4, -0.2) is 44.2 Å². The number of carbonyl (C=O) groups excluding carboxylic acids is 1. The number of nitrogens with two attached hydrogens (primary N) is 1. The molecule has 2 N–H and O–H groups in total. The molecule has 0 aromatic rings. The minimum Gasteiger partial charge on any atom is -0.384 e. The van der Waals surface area contributed by atoms with Gasteiger partial charge >= 0.3 is 0 Å². The highest BCUT2D eigenvalue weighted by molar-refractivity contribution is 5.76. The van der Waals surface area contributed by atoms with E-state index in [-0.39, 0.29) is 0 Å². The van der Waals surface area contributed by atoms with Gasteiger partial charge in [0.2, 0.25) is 5.91 Å². The van der Waals surface area contributed by atoms with E-state index in [1.807, 2.05) is 11.8 Å². The summed E-state index contributed by atoms with van der Waals surface area (Å²) in [5, 5.41) is 0. The van der Waals surface area contributed by atoms with E-state index in [4.69, 9.17) is 10.5 Å². The van der Waals surface area contributed by atoms with Crippen LogP contribution in [0, 0.1) is 5.92 Å². The van der Waals surface area contributed by atoms with Gasteiger partial charge in [0.05, 0.1) is 6.61 Å². The minimum absolute atomic E-state index is 0.324. The molecule has 1 unspecified atom stereocenters. The van der Waals surface area contributed by atoms with Gasteiger partial charge in [0.1, 0.15) is 0 Å². The Morgan fingerprint density at radius 2 is 2.12 bits per heavy atom. The van der Waals surface area contributed by atoms with Gasteiger partial charge in [-0.2, -0.15) is 0 Å². The first kappa shape index (κ1) is 16.4. The molecule has 0 spiro atoms. The number of hydrogen-bond donors (Lipinski definition) is 1. The van der Waals surface area contributed by atoms with Crippen LogP contribution >= 0.6 is 0 Å². The Hall–Kier alpha value is -0.610. The molecule has 4 nitrogen and oxygen atoms in total. The predicted octanol–water partition coefficient (Wildman–Crippen LogP) is 1.64. The van der Waals surface area contributed by atoms with E-state index >= 15 is 0 Å². The molecule has 4 heteroatoms. The number of nitrogens with zero attached hydrogens (tertiary/aromatic N) is 1. The molecule has 0 aromatic heterocycles. The zero-order valence-electron chi connectivity index (χ0n) is 11.6. The van der Waals surface area contributed by atoms with E-state index in [9.17, 15) is 4.79 Å². The van der Waals surface area contributed by atoms with Crippen LogP contribution in [0.15, 0.2) is 0 Å². The third-order valence-corrected chi connectivity index (χ3v) is 2.79. The number of carbonyl (C=O) groups is 1. The molecule has 1 fully saturated rings. The number of rotatable bonds is 5. The average Bonchev–Trinajstić information content (AvgIpc) is 2.76. The summed E-state index contributed by atoms with van der Waals surface area (Å²) in [6.07, 6.45) is 3.94. The molecule has 0 aromatic carbocycles. The van der Waals surface area contributed by atoms with Crippen LogP contribution in [-0.2, 0) is 9.53 Å². The van der Waals surface area contributed by atoms with E-state index in [0.717, 1.165) is 51.9 Å². The number of ether oxygens (including phenoxy) is 1. The SMILES string of the molecule is CCCCC(=O)N1CCC(COC)C1.CCN. The monoisotopic (exact) mass is 244 g/mol. The van der Waals surface area contributed by atoms with Crippen molar-refractivity contribution in [2.24, 2.45) is 11.7 Å². The van der Waals surface area contributed by atoms with Gasteiger partial charge in [0.15, 0.2) is 0 Å². The molecule has 0 aliphatic carbocycles. The first-order chi connectivity index (χ1) is 8.19. The fraction of sp³-hybridized carbons (Fsp3) is 0.923. The Kier molecular flexibility index (Phi) is 10.2. The Morgan fingerprint density at radius 1 is 1.47 bits per heavy atom. The maximum Gasteiger partial charge on any atom is 0.222 e. The van der Waals surface area contributed by atoms with Crippen LogP contribution in [0.1, 0.15) is 39.5 Å². The number of amides is 1. The van der Waals surface area contributed by atoms with Crippen molar-refractivity contribution in [1.29, 1.82) is 0 Å². The van der Waals surface area contributed by atoms with Gasteiger partial charge in [-0.1, -0.05) is 20.3 Å². The van der Waals surface area contributed by atoms with Crippen molar-refractivity contribution < 1.29 is 9.53 Å². The molecule has 17 heavy (non-hydrogen) atoms. The Balaban J connectivity index is 0.000000770. The highest BCUT2D eigenvalue weighted by Gasteiger charge is 2.25. The summed E-state index contributed by atoms with van der Waals surface area (Å²) in [6.45, 7) is 7.38. The lowest BCUT2D eigenvalue weighted by molar-refractivity contribution is -0.130. The number of unbranched alkanes of at least 4 members (excludes halogenated alkanes) is 1. The Bertz CT molecular complexity index is 198. The molecule has 0 bridgehead atoms. The van der Waals surface area contributed by atoms with E-state index in [2.05, 4.69) is 6.92 Å². The molecule has 1 amide bonds. The van der Waals surface area contributed by atoms with Crippen molar-refractivity contribution in [3.63, 3.8) is 0 Å². The lowest BCUT2D eigenvalue weighted by atomic mass is 10.1. The van der Waals surface area contributed by atoms with Crippen LogP contribution < -0.4 is 5.73 Å². The van der Waals surface area contributed by atoms with Crippen molar-refractivity contribution in [1.82, 2.24) is 4.90 Å². The molecule has 1 atom stereocenters. The summed E-state index contributed by atoms with van der Waals surface area (Å²) in [6, 6.07) is 0. The summed E-state index contributed by atoms with van der Waals surface area (Å²) < 4.78 is 5.10. The van der Waals surface area contributed by atoms with Gasteiger partial charge in [0.25, 0.3) is 0 Å². The Labute approximate surface area is 105 Å². The normalized spacial score (nSPS) is 18.8. The lowest BCUT2D eigenvalue weighted by Gasteiger charge is -2.16. The summed E-state index contributed by atoms with van der Waals surface area (Å²) >= 11 is 0. The van der Waals surface area contributed by atoms with Gasteiger partial charge in [-0.3, -0.25) is 4.79 Å². The van der Waals surface area contributed by atoms with Crippen molar-refractivity contribution >= 4 is 5.91 Å². The second-order valence-electron chi connectivity index (χ2n) is 4.46. The molecule has 0 saturated carbocycles. The van der Waals surface area contributed by atoms with Crippen molar-refractivity contribution in [3.05, 3.63) is 0 Å². The molecule has 102 valence electrons. The fourth-order valence-electron chi connectivity index (χ4n) is 1.92. The van der Waals surface area contributed by atoms with Crippen LogP contribution in [0.2, 0.25) is 0 Å². The van der Waals surface area contributed by atoms with E-state index < -0.39 is 0 Å². The van der Waals surface area contributed by atoms with Crippen molar-refractivity contribution in [2.75, 3.05) is 33.4 Å². The summed E-state index contributed by atoms with van der Waals surface area (Å²) in [4.78, 5) is 13.6. The topological polar surface area (TPSA) is 55.6 Å². The van der Waals surface area contributed by atoms with Crippen LogP contribution in [0.5, 0.6) is 0 Å². The minimum atomic E-state index is 0.324. The van der Waals surface area contributed by atoms with Crippen molar-refractivity contribution in [3.8, 4) is 0 Å². The highest BCUT2D eigenvalue weighted by Crippen LogP contribution is 2.17.